The van der Waals surface area contributed by atoms with Crippen LogP contribution in [0.25, 0.3) is 0 Å². The van der Waals surface area contributed by atoms with Gasteiger partial charge in [0.05, 0.1) is 0 Å². The molecule has 0 radical (unpaired) electrons. The lowest BCUT2D eigenvalue weighted by atomic mass is 10.1. The highest BCUT2D eigenvalue weighted by Crippen LogP contribution is 2.25. The molecule has 2 nitrogen and oxygen atoms in total. The summed E-state index contributed by atoms with van der Waals surface area (Å²) < 4.78 is 0. The molecule has 0 unspecified atom stereocenters. The summed E-state index contributed by atoms with van der Waals surface area (Å²) in [7, 11) is 0. The molecule has 3 rings (SSSR count). The van der Waals surface area contributed by atoms with E-state index < -0.39 is 0 Å². The van der Waals surface area contributed by atoms with E-state index in [0.29, 0.717) is 0 Å². The molecule has 2 aromatic carbocycles. The molecule has 0 spiro atoms. The molecule has 1 aliphatic rings. The Bertz CT molecular complexity index is 587. The van der Waals surface area contributed by atoms with E-state index in [-0.39, 0.29) is 0 Å². The normalized spacial score (nSPS) is 12.9. The number of nitrogens with zero attached hydrogens (tertiary/aromatic N) is 1. The summed E-state index contributed by atoms with van der Waals surface area (Å²) in [6.45, 7) is 7.43. The van der Waals surface area contributed by atoms with E-state index in [1.807, 2.05) is 0 Å². The lowest BCUT2D eigenvalue weighted by molar-refractivity contribution is 0.831. The van der Waals surface area contributed by atoms with Gasteiger partial charge in [-0.3, -0.25) is 0 Å². The van der Waals surface area contributed by atoms with Crippen LogP contribution in [0.1, 0.15) is 23.6 Å². The lowest BCUT2D eigenvalue weighted by Crippen LogP contribution is -2.21. The quantitative estimate of drug-likeness (QED) is 0.900. The van der Waals surface area contributed by atoms with Crippen molar-refractivity contribution in [1.29, 1.82) is 0 Å². The van der Waals surface area contributed by atoms with E-state index in [1.54, 1.807) is 0 Å². The van der Waals surface area contributed by atoms with Crippen molar-refractivity contribution in [2.24, 2.45) is 0 Å². The molecule has 1 N–H and O–H groups in total. The van der Waals surface area contributed by atoms with Crippen LogP contribution in [-0.4, -0.2) is 13.1 Å². The molecule has 0 atom stereocenters. The van der Waals surface area contributed by atoms with Gasteiger partial charge >= 0.3 is 0 Å². The fourth-order valence-electron chi connectivity index (χ4n) is 2.82. The van der Waals surface area contributed by atoms with Crippen molar-refractivity contribution in [1.82, 2.24) is 0 Å². The Kier molecular flexibility index (Phi) is 3.64. The first kappa shape index (κ1) is 13.0. The number of hydrogen-bond donors (Lipinski definition) is 1. The van der Waals surface area contributed by atoms with Crippen LogP contribution >= 0.6 is 0 Å². The van der Waals surface area contributed by atoms with Gasteiger partial charge in [0, 0.05) is 31.0 Å². The van der Waals surface area contributed by atoms with Crippen molar-refractivity contribution in [3.8, 4) is 0 Å². The van der Waals surface area contributed by atoms with Gasteiger partial charge in [0.25, 0.3) is 0 Å². The summed E-state index contributed by atoms with van der Waals surface area (Å²) in [5, 5.41) is 3.42. The van der Waals surface area contributed by atoms with Crippen molar-refractivity contribution < 1.29 is 0 Å². The molecule has 0 saturated carbocycles. The molecule has 0 aliphatic carbocycles. The van der Waals surface area contributed by atoms with E-state index in [0.717, 1.165) is 26.1 Å². The number of fused-ring (bicyclic) bond motifs is 1. The Morgan fingerprint density at radius 2 is 1.90 bits per heavy atom. The van der Waals surface area contributed by atoms with Crippen LogP contribution < -0.4 is 10.2 Å². The van der Waals surface area contributed by atoms with E-state index >= 15 is 0 Å². The third-order valence-electron chi connectivity index (χ3n) is 4.03. The summed E-state index contributed by atoms with van der Waals surface area (Å²) in [4.78, 5) is 2.42. The van der Waals surface area contributed by atoms with Gasteiger partial charge in [-0.1, -0.05) is 29.8 Å². The third kappa shape index (κ3) is 2.64. The Balaban J connectivity index is 1.79. The van der Waals surface area contributed by atoms with Crippen molar-refractivity contribution in [3.05, 3.63) is 59.2 Å². The molecular formula is C18H22N2. The molecule has 1 aliphatic heterocycles. The minimum Gasteiger partial charge on any atom is -0.384 e. The summed E-state index contributed by atoms with van der Waals surface area (Å²) >= 11 is 0. The fourth-order valence-corrected chi connectivity index (χ4v) is 2.82. The maximum absolute atomic E-state index is 3.42. The smallest absolute Gasteiger partial charge is 0.0429 e. The van der Waals surface area contributed by atoms with Crippen LogP contribution in [0.3, 0.4) is 0 Å². The lowest BCUT2D eigenvalue weighted by Gasteiger charge is -2.23. The zero-order valence-corrected chi connectivity index (χ0v) is 12.3. The number of benzene rings is 2. The van der Waals surface area contributed by atoms with Crippen molar-refractivity contribution in [2.75, 3.05) is 23.3 Å². The van der Waals surface area contributed by atoms with Crippen LogP contribution in [0.2, 0.25) is 0 Å². The average molecular weight is 266 g/mol. The molecule has 0 saturated heterocycles. The molecule has 2 aromatic rings. The Morgan fingerprint density at radius 3 is 2.65 bits per heavy atom. The number of rotatable bonds is 4. The fraction of sp³-hybridized carbons (Fsp3) is 0.333. The van der Waals surface area contributed by atoms with Gasteiger partial charge in [0.1, 0.15) is 0 Å². The third-order valence-corrected chi connectivity index (χ3v) is 4.03. The monoisotopic (exact) mass is 266 g/mol. The number of hydrogen-bond acceptors (Lipinski definition) is 2. The number of nitrogens with one attached hydrogen (secondary N) is 1. The second kappa shape index (κ2) is 5.58. The van der Waals surface area contributed by atoms with Crippen LogP contribution in [0.4, 0.5) is 11.4 Å². The van der Waals surface area contributed by atoms with E-state index in [9.17, 15) is 0 Å². The number of anilines is 2. The van der Waals surface area contributed by atoms with Crippen LogP contribution in [0, 0.1) is 6.92 Å². The van der Waals surface area contributed by atoms with Crippen LogP contribution in [0.5, 0.6) is 0 Å². The largest absolute Gasteiger partial charge is 0.384 e. The minimum absolute atomic E-state index is 0.979. The van der Waals surface area contributed by atoms with Gasteiger partial charge in [-0.25, -0.2) is 0 Å². The zero-order valence-electron chi connectivity index (χ0n) is 12.3. The highest BCUT2D eigenvalue weighted by molar-refractivity contribution is 5.57. The van der Waals surface area contributed by atoms with Gasteiger partial charge in [-0.2, -0.15) is 0 Å². The average Bonchev–Trinajstić information content (AvgIpc) is 2.93. The Hall–Kier alpha value is -1.96. The van der Waals surface area contributed by atoms with E-state index in [4.69, 9.17) is 0 Å². The van der Waals surface area contributed by atoms with Crippen LogP contribution in [0.15, 0.2) is 42.5 Å². The van der Waals surface area contributed by atoms with Gasteiger partial charge in [-0.05, 0) is 49.6 Å². The second-order valence-electron chi connectivity index (χ2n) is 5.52. The topological polar surface area (TPSA) is 15.3 Å². The van der Waals surface area contributed by atoms with Gasteiger partial charge < -0.3 is 10.2 Å². The van der Waals surface area contributed by atoms with Crippen molar-refractivity contribution in [3.63, 3.8) is 0 Å². The first-order valence-electron chi connectivity index (χ1n) is 7.43. The first-order valence-corrected chi connectivity index (χ1v) is 7.43. The van der Waals surface area contributed by atoms with Crippen molar-refractivity contribution in [2.45, 2.75) is 26.8 Å². The van der Waals surface area contributed by atoms with E-state index in [1.165, 1.54) is 28.1 Å². The van der Waals surface area contributed by atoms with Gasteiger partial charge in [0.2, 0.25) is 0 Å². The predicted molar refractivity (Wildman–Crippen MR) is 86.5 cm³/mol. The maximum atomic E-state index is 3.42. The minimum atomic E-state index is 0.979. The second-order valence-corrected chi connectivity index (χ2v) is 5.52. The Labute approximate surface area is 121 Å². The maximum Gasteiger partial charge on any atom is 0.0429 e. The van der Waals surface area contributed by atoms with Gasteiger partial charge in [-0.15, -0.1) is 0 Å². The summed E-state index contributed by atoms with van der Waals surface area (Å²) in [6, 6.07) is 15.6. The highest BCUT2D eigenvalue weighted by Gasteiger charge is 2.11. The summed E-state index contributed by atoms with van der Waals surface area (Å²) in [6.07, 6.45) is 1.15. The molecule has 2 heteroatoms. The van der Waals surface area contributed by atoms with Crippen LogP contribution in [-0.2, 0) is 13.0 Å². The molecular weight excluding hydrogens is 244 g/mol. The standard InChI is InChI=1S/C18H22N2/c1-3-20(17-7-4-14(2)5-8-17)13-15-6-9-18-16(12-15)10-11-19-18/h4-9,12,19H,3,10-11,13H2,1-2H3. The molecule has 0 amide bonds. The Morgan fingerprint density at radius 1 is 1.10 bits per heavy atom. The van der Waals surface area contributed by atoms with Crippen molar-refractivity contribution >= 4 is 11.4 Å². The molecule has 0 fully saturated rings. The van der Waals surface area contributed by atoms with Gasteiger partial charge in [0.15, 0.2) is 0 Å². The molecule has 0 aromatic heterocycles. The molecule has 1 heterocycles. The predicted octanol–water partition coefficient (Wildman–Crippen LogP) is 3.99. The molecule has 20 heavy (non-hydrogen) atoms. The summed E-state index contributed by atoms with van der Waals surface area (Å²) in [5.74, 6) is 0. The first-order chi connectivity index (χ1) is 9.76. The molecule has 104 valence electrons. The SMILES string of the molecule is CCN(Cc1ccc2c(c1)CCN2)c1ccc(C)cc1. The molecule has 0 bridgehead atoms. The highest BCUT2D eigenvalue weighted by atomic mass is 15.1. The summed E-state index contributed by atoms with van der Waals surface area (Å²) in [5.41, 5.74) is 6.79. The zero-order chi connectivity index (χ0) is 13.9. The van der Waals surface area contributed by atoms with E-state index in [2.05, 4.69) is 66.5 Å². The number of aryl methyl sites for hydroxylation is 1.